The second kappa shape index (κ2) is 5.44. The zero-order chi connectivity index (χ0) is 14.9. The zero-order valence-corrected chi connectivity index (χ0v) is 12.3. The molecule has 1 aromatic carbocycles. The van der Waals surface area contributed by atoms with E-state index in [0.29, 0.717) is 17.9 Å². The highest BCUT2D eigenvalue weighted by Crippen LogP contribution is 2.35. The molecule has 108 valence electrons. The van der Waals surface area contributed by atoms with E-state index in [4.69, 9.17) is 16.7 Å². The monoisotopic (exact) mass is 295 g/mol. The van der Waals surface area contributed by atoms with E-state index in [1.54, 1.807) is 12.1 Å². The van der Waals surface area contributed by atoms with Gasteiger partial charge in [-0.2, -0.15) is 0 Å². The standard InChI is InChI=1S/C15H18ClNO3/c1-15(2,9-4-3-5-10(16)8-9)17-13(18)11-6-7-12(11)14(19)20/h3-5,8,11-12H,6-7H2,1-2H3,(H,17,18)(H,19,20). The Balaban J connectivity index is 2.08. The Bertz CT molecular complexity index is 542. The summed E-state index contributed by atoms with van der Waals surface area (Å²) >= 11 is 5.96. The molecule has 2 N–H and O–H groups in total. The molecule has 5 heteroatoms. The number of rotatable bonds is 4. The number of aliphatic carboxylic acids is 1. The molecule has 1 saturated carbocycles. The molecule has 2 atom stereocenters. The van der Waals surface area contributed by atoms with Crippen molar-refractivity contribution in [2.75, 3.05) is 0 Å². The summed E-state index contributed by atoms with van der Waals surface area (Å²) in [6.45, 7) is 3.76. The molecule has 1 aliphatic carbocycles. The number of benzene rings is 1. The van der Waals surface area contributed by atoms with Crippen LogP contribution < -0.4 is 5.32 Å². The Hall–Kier alpha value is -1.55. The highest BCUT2D eigenvalue weighted by molar-refractivity contribution is 6.30. The lowest BCUT2D eigenvalue weighted by molar-refractivity contribution is -0.153. The van der Waals surface area contributed by atoms with Crippen molar-refractivity contribution in [2.24, 2.45) is 11.8 Å². The van der Waals surface area contributed by atoms with Crippen LogP contribution in [-0.2, 0) is 15.1 Å². The summed E-state index contributed by atoms with van der Waals surface area (Å²) in [6, 6.07) is 7.29. The van der Waals surface area contributed by atoms with E-state index in [-0.39, 0.29) is 5.91 Å². The molecule has 2 unspecified atom stereocenters. The van der Waals surface area contributed by atoms with Crippen LogP contribution in [0.15, 0.2) is 24.3 Å². The number of carbonyl (C=O) groups excluding carboxylic acids is 1. The maximum Gasteiger partial charge on any atom is 0.307 e. The maximum atomic E-state index is 12.2. The minimum absolute atomic E-state index is 0.200. The van der Waals surface area contributed by atoms with E-state index in [1.807, 2.05) is 26.0 Å². The van der Waals surface area contributed by atoms with Crippen LogP contribution in [0.25, 0.3) is 0 Å². The van der Waals surface area contributed by atoms with Gasteiger partial charge in [0.05, 0.1) is 17.4 Å². The van der Waals surface area contributed by atoms with E-state index in [2.05, 4.69) is 5.32 Å². The first-order valence-corrected chi connectivity index (χ1v) is 7.00. The summed E-state index contributed by atoms with van der Waals surface area (Å²) < 4.78 is 0. The van der Waals surface area contributed by atoms with Gasteiger partial charge in [0.1, 0.15) is 0 Å². The van der Waals surface area contributed by atoms with Gasteiger partial charge in [-0.05, 0) is 44.4 Å². The zero-order valence-electron chi connectivity index (χ0n) is 11.5. The maximum absolute atomic E-state index is 12.2. The molecule has 2 rings (SSSR count). The molecule has 1 aromatic rings. The molecule has 0 spiro atoms. The first-order chi connectivity index (χ1) is 9.31. The summed E-state index contributed by atoms with van der Waals surface area (Å²) in [6.07, 6.45) is 1.21. The lowest BCUT2D eigenvalue weighted by Crippen LogP contribution is -2.49. The fourth-order valence-electron chi connectivity index (χ4n) is 2.46. The summed E-state index contributed by atoms with van der Waals surface area (Å²) in [4.78, 5) is 23.2. The quantitative estimate of drug-likeness (QED) is 0.897. The third-order valence-electron chi connectivity index (χ3n) is 3.91. The second-order valence-corrected chi connectivity index (χ2v) is 6.19. The largest absolute Gasteiger partial charge is 0.481 e. The van der Waals surface area contributed by atoms with E-state index in [1.165, 1.54) is 0 Å². The first-order valence-electron chi connectivity index (χ1n) is 6.62. The van der Waals surface area contributed by atoms with Gasteiger partial charge in [0.2, 0.25) is 5.91 Å². The van der Waals surface area contributed by atoms with Gasteiger partial charge in [-0.15, -0.1) is 0 Å². The second-order valence-electron chi connectivity index (χ2n) is 5.75. The van der Waals surface area contributed by atoms with Crippen molar-refractivity contribution >= 4 is 23.5 Å². The molecule has 4 nitrogen and oxygen atoms in total. The Labute approximate surface area is 123 Å². The van der Waals surface area contributed by atoms with Crippen molar-refractivity contribution in [3.8, 4) is 0 Å². The smallest absolute Gasteiger partial charge is 0.307 e. The van der Waals surface area contributed by atoms with Gasteiger partial charge in [0.25, 0.3) is 0 Å². The highest BCUT2D eigenvalue weighted by Gasteiger charge is 2.42. The third kappa shape index (κ3) is 2.96. The van der Waals surface area contributed by atoms with Crippen molar-refractivity contribution in [3.05, 3.63) is 34.9 Å². The van der Waals surface area contributed by atoms with Crippen molar-refractivity contribution in [2.45, 2.75) is 32.2 Å². The molecule has 1 amide bonds. The molecule has 0 aromatic heterocycles. The van der Waals surface area contributed by atoms with E-state index in [0.717, 1.165) is 5.56 Å². The average Bonchev–Trinajstić information content (AvgIpc) is 2.25. The van der Waals surface area contributed by atoms with Gasteiger partial charge < -0.3 is 10.4 Å². The lowest BCUT2D eigenvalue weighted by Gasteiger charge is -2.36. The van der Waals surface area contributed by atoms with Crippen LogP contribution in [0.3, 0.4) is 0 Å². The Morgan fingerprint density at radius 3 is 2.45 bits per heavy atom. The third-order valence-corrected chi connectivity index (χ3v) is 4.15. The summed E-state index contributed by atoms with van der Waals surface area (Å²) in [5, 5.41) is 12.5. The molecule has 20 heavy (non-hydrogen) atoms. The summed E-state index contributed by atoms with van der Waals surface area (Å²) in [5.74, 6) is -2.07. The number of carboxylic acids is 1. The molecule has 0 heterocycles. The summed E-state index contributed by atoms with van der Waals surface area (Å²) in [5.41, 5.74) is 0.310. The minimum Gasteiger partial charge on any atom is -0.481 e. The Morgan fingerprint density at radius 2 is 1.95 bits per heavy atom. The molecule has 0 bridgehead atoms. The van der Waals surface area contributed by atoms with Crippen molar-refractivity contribution in [1.82, 2.24) is 5.32 Å². The number of hydrogen-bond donors (Lipinski definition) is 2. The van der Waals surface area contributed by atoms with Gasteiger partial charge in [-0.25, -0.2) is 0 Å². The van der Waals surface area contributed by atoms with Crippen LogP contribution in [0.2, 0.25) is 5.02 Å². The van der Waals surface area contributed by atoms with E-state index >= 15 is 0 Å². The highest BCUT2D eigenvalue weighted by atomic mass is 35.5. The predicted octanol–water partition coefficient (Wildman–Crippen LogP) is 2.80. The normalized spacial score (nSPS) is 21.9. The number of carbonyl (C=O) groups is 2. The van der Waals surface area contributed by atoms with Crippen molar-refractivity contribution in [3.63, 3.8) is 0 Å². The van der Waals surface area contributed by atoms with Gasteiger partial charge in [0, 0.05) is 5.02 Å². The number of halogens is 1. The van der Waals surface area contributed by atoms with Gasteiger partial charge in [-0.1, -0.05) is 23.7 Å². The first kappa shape index (κ1) is 14.9. The lowest BCUT2D eigenvalue weighted by atomic mass is 9.72. The van der Waals surface area contributed by atoms with Gasteiger partial charge >= 0.3 is 5.97 Å². The van der Waals surface area contributed by atoms with E-state index < -0.39 is 23.3 Å². The molecule has 1 fully saturated rings. The van der Waals surface area contributed by atoms with Crippen molar-refractivity contribution < 1.29 is 14.7 Å². The van der Waals surface area contributed by atoms with Gasteiger partial charge in [0.15, 0.2) is 0 Å². The van der Waals surface area contributed by atoms with E-state index in [9.17, 15) is 9.59 Å². The fourth-order valence-corrected chi connectivity index (χ4v) is 2.65. The fraction of sp³-hybridized carbons (Fsp3) is 0.467. The minimum atomic E-state index is -0.892. The SMILES string of the molecule is CC(C)(NC(=O)C1CCC1C(=O)O)c1cccc(Cl)c1. The van der Waals surface area contributed by atoms with Crippen LogP contribution >= 0.6 is 11.6 Å². The molecule has 0 aliphatic heterocycles. The van der Waals surface area contributed by atoms with Crippen LogP contribution in [0.1, 0.15) is 32.3 Å². The van der Waals surface area contributed by atoms with Crippen LogP contribution in [0.4, 0.5) is 0 Å². The van der Waals surface area contributed by atoms with Crippen molar-refractivity contribution in [1.29, 1.82) is 0 Å². The van der Waals surface area contributed by atoms with Crippen LogP contribution in [0.5, 0.6) is 0 Å². The average molecular weight is 296 g/mol. The molecule has 0 saturated heterocycles. The number of hydrogen-bond acceptors (Lipinski definition) is 2. The molecular weight excluding hydrogens is 278 g/mol. The topological polar surface area (TPSA) is 66.4 Å². The number of nitrogens with one attached hydrogen (secondary N) is 1. The van der Waals surface area contributed by atoms with Gasteiger partial charge in [-0.3, -0.25) is 9.59 Å². The molecule has 1 aliphatic rings. The predicted molar refractivity (Wildman–Crippen MR) is 76.5 cm³/mol. The molecule has 0 radical (unpaired) electrons. The van der Waals surface area contributed by atoms with Crippen LogP contribution in [-0.4, -0.2) is 17.0 Å². The molecular formula is C15H18ClNO3. The Morgan fingerprint density at radius 1 is 1.30 bits per heavy atom. The Kier molecular flexibility index (Phi) is 4.04. The number of carboxylic acid groups (broad SMARTS) is 1. The summed E-state index contributed by atoms with van der Waals surface area (Å²) in [7, 11) is 0. The number of amides is 1. The van der Waals surface area contributed by atoms with Crippen LogP contribution in [0, 0.1) is 11.8 Å².